The zero-order valence-corrected chi connectivity index (χ0v) is 8.66. The largest absolute Gasteiger partial charge is 0.395 e. The maximum atomic E-state index is 8.52. The van der Waals surface area contributed by atoms with Gasteiger partial charge in [-0.05, 0) is 12.1 Å². The summed E-state index contributed by atoms with van der Waals surface area (Å²) < 4.78 is 2.11. The van der Waals surface area contributed by atoms with Gasteiger partial charge in [0.25, 0.3) is 0 Å². The fourth-order valence-corrected chi connectivity index (χ4v) is 1.28. The van der Waals surface area contributed by atoms with E-state index in [1.165, 1.54) is 5.69 Å². The summed E-state index contributed by atoms with van der Waals surface area (Å²) in [7, 11) is 2.04. The minimum Gasteiger partial charge on any atom is -0.395 e. The first-order valence-corrected chi connectivity index (χ1v) is 4.97. The Morgan fingerprint density at radius 1 is 1.29 bits per heavy atom. The second-order valence-electron chi connectivity index (χ2n) is 3.26. The smallest absolute Gasteiger partial charge is 0.0555 e. The number of rotatable bonds is 7. The van der Waals surface area contributed by atoms with E-state index in [1.54, 1.807) is 0 Å². The Balaban J connectivity index is 2.02. The standard InChI is InChI=1S/C10H19N3O/c1-13-7-2-3-10(13)9-12-5-4-11-6-8-14/h2-3,7,11-12,14H,4-6,8-9H2,1H3. The molecule has 0 atom stereocenters. The monoisotopic (exact) mass is 197 g/mol. The lowest BCUT2D eigenvalue weighted by molar-refractivity contribution is 0.292. The molecule has 1 aromatic rings. The topological polar surface area (TPSA) is 49.2 Å². The maximum Gasteiger partial charge on any atom is 0.0555 e. The number of hydrogen-bond acceptors (Lipinski definition) is 3. The van der Waals surface area contributed by atoms with Gasteiger partial charge >= 0.3 is 0 Å². The third-order valence-electron chi connectivity index (χ3n) is 2.12. The Bertz CT molecular complexity index is 247. The Kier molecular flexibility index (Phi) is 5.29. The molecule has 0 unspecified atom stereocenters. The lowest BCUT2D eigenvalue weighted by Gasteiger charge is -2.06. The van der Waals surface area contributed by atoms with E-state index in [2.05, 4.69) is 21.3 Å². The molecule has 80 valence electrons. The Morgan fingerprint density at radius 2 is 2.07 bits per heavy atom. The average molecular weight is 197 g/mol. The zero-order valence-electron chi connectivity index (χ0n) is 8.66. The molecule has 0 saturated carbocycles. The van der Waals surface area contributed by atoms with Crippen molar-refractivity contribution in [1.29, 1.82) is 0 Å². The highest BCUT2D eigenvalue weighted by Crippen LogP contribution is 1.97. The van der Waals surface area contributed by atoms with E-state index in [0.717, 1.165) is 19.6 Å². The van der Waals surface area contributed by atoms with Gasteiger partial charge in [0, 0.05) is 45.1 Å². The highest BCUT2D eigenvalue weighted by atomic mass is 16.3. The molecule has 4 nitrogen and oxygen atoms in total. The van der Waals surface area contributed by atoms with Crippen LogP contribution in [-0.2, 0) is 13.6 Å². The van der Waals surface area contributed by atoms with Crippen molar-refractivity contribution in [2.75, 3.05) is 26.2 Å². The Labute approximate surface area is 84.9 Å². The molecule has 1 rings (SSSR count). The molecule has 0 aliphatic carbocycles. The van der Waals surface area contributed by atoms with Gasteiger partial charge in [-0.2, -0.15) is 0 Å². The number of aromatic nitrogens is 1. The third-order valence-corrected chi connectivity index (χ3v) is 2.12. The lowest BCUT2D eigenvalue weighted by atomic mass is 10.4. The van der Waals surface area contributed by atoms with Gasteiger partial charge in [-0.1, -0.05) is 0 Å². The van der Waals surface area contributed by atoms with Gasteiger partial charge in [0.05, 0.1) is 6.61 Å². The van der Waals surface area contributed by atoms with Crippen LogP contribution in [0.3, 0.4) is 0 Å². The summed E-state index contributed by atoms with van der Waals surface area (Å²) in [5.41, 5.74) is 1.28. The summed E-state index contributed by atoms with van der Waals surface area (Å²) >= 11 is 0. The summed E-state index contributed by atoms with van der Waals surface area (Å²) in [5.74, 6) is 0. The molecule has 14 heavy (non-hydrogen) atoms. The average Bonchev–Trinajstić information content (AvgIpc) is 2.58. The first kappa shape index (κ1) is 11.2. The molecule has 0 aliphatic heterocycles. The predicted molar refractivity (Wildman–Crippen MR) is 57.1 cm³/mol. The Morgan fingerprint density at radius 3 is 2.71 bits per heavy atom. The Hall–Kier alpha value is -0.840. The van der Waals surface area contributed by atoms with Crippen molar-refractivity contribution in [2.45, 2.75) is 6.54 Å². The van der Waals surface area contributed by atoms with Crippen molar-refractivity contribution in [3.05, 3.63) is 24.0 Å². The molecule has 1 heterocycles. The summed E-state index contributed by atoms with van der Waals surface area (Å²) in [6.07, 6.45) is 2.04. The first-order chi connectivity index (χ1) is 6.84. The molecule has 0 bridgehead atoms. The fourth-order valence-electron chi connectivity index (χ4n) is 1.28. The SMILES string of the molecule is Cn1cccc1CNCCNCCO. The number of hydrogen-bond donors (Lipinski definition) is 3. The summed E-state index contributed by atoms with van der Waals surface area (Å²) in [6, 6.07) is 4.15. The molecule has 0 fully saturated rings. The van der Waals surface area contributed by atoms with Crippen LogP contribution >= 0.6 is 0 Å². The second kappa shape index (κ2) is 6.59. The summed E-state index contributed by atoms with van der Waals surface area (Å²) in [6.45, 7) is 3.59. The zero-order chi connectivity index (χ0) is 10.2. The van der Waals surface area contributed by atoms with E-state index in [-0.39, 0.29) is 6.61 Å². The predicted octanol–water partition coefficient (Wildman–Crippen LogP) is -0.303. The fraction of sp³-hybridized carbons (Fsp3) is 0.600. The first-order valence-electron chi connectivity index (χ1n) is 4.97. The van der Waals surface area contributed by atoms with E-state index >= 15 is 0 Å². The minimum atomic E-state index is 0.206. The van der Waals surface area contributed by atoms with Gasteiger partial charge in [-0.15, -0.1) is 0 Å². The normalized spacial score (nSPS) is 10.7. The van der Waals surface area contributed by atoms with Crippen molar-refractivity contribution >= 4 is 0 Å². The van der Waals surface area contributed by atoms with Gasteiger partial charge in [-0.3, -0.25) is 0 Å². The van der Waals surface area contributed by atoms with Gasteiger partial charge < -0.3 is 20.3 Å². The van der Waals surface area contributed by atoms with Crippen molar-refractivity contribution < 1.29 is 5.11 Å². The molecular weight excluding hydrogens is 178 g/mol. The quantitative estimate of drug-likeness (QED) is 0.526. The van der Waals surface area contributed by atoms with Crippen LogP contribution in [0.25, 0.3) is 0 Å². The number of aliphatic hydroxyl groups excluding tert-OH is 1. The van der Waals surface area contributed by atoms with Crippen molar-refractivity contribution in [3.63, 3.8) is 0 Å². The van der Waals surface area contributed by atoms with Crippen LogP contribution in [0.2, 0.25) is 0 Å². The van der Waals surface area contributed by atoms with E-state index in [4.69, 9.17) is 5.11 Å². The highest BCUT2D eigenvalue weighted by Gasteiger charge is 1.94. The van der Waals surface area contributed by atoms with Crippen LogP contribution in [0.1, 0.15) is 5.69 Å². The number of aliphatic hydroxyl groups is 1. The number of nitrogens with zero attached hydrogens (tertiary/aromatic N) is 1. The van der Waals surface area contributed by atoms with Crippen LogP contribution in [0.15, 0.2) is 18.3 Å². The minimum absolute atomic E-state index is 0.206. The maximum absolute atomic E-state index is 8.52. The third kappa shape index (κ3) is 3.91. The lowest BCUT2D eigenvalue weighted by Crippen LogP contribution is -2.29. The van der Waals surface area contributed by atoms with Crippen molar-refractivity contribution in [3.8, 4) is 0 Å². The van der Waals surface area contributed by atoms with Gasteiger partial charge in [0.2, 0.25) is 0 Å². The van der Waals surface area contributed by atoms with E-state index in [1.807, 2.05) is 19.3 Å². The molecule has 0 radical (unpaired) electrons. The number of nitrogens with one attached hydrogen (secondary N) is 2. The molecule has 0 amide bonds. The second-order valence-corrected chi connectivity index (χ2v) is 3.26. The van der Waals surface area contributed by atoms with Gasteiger partial charge in [-0.25, -0.2) is 0 Å². The van der Waals surface area contributed by atoms with E-state index in [9.17, 15) is 0 Å². The molecule has 0 aliphatic rings. The van der Waals surface area contributed by atoms with Crippen LogP contribution in [0, 0.1) is 0 Å². The molecular formula is C10H19N3O. The van der Waals surface area contributed by atoms with Crippen molar-refractivity contribution in [1.82, 2.24) is 15.2 Å². The molecule has 3 N–H and O–H groups in total. The summed E-state index contributed by atoms with van der Waals surface area (Å²) in [5, 5.41) is 15.0. The van der Waals surface area contributed by atoms with E-state index in [0.29, 0.717) is 6.54 Å². The van der Waals surface area contributed by atoms with Crippen LogP contribution in [-0.4, -0.2) is 35.9 Å². The van der Waals surface area contributed by atoms with Crippen LogP contribution in [0.4, 0.5) is 0 Å². The van der Waals surface area contributed by atoms with Crippen LogP contribution in [0.5, 0.6) is 0 Å². The molecule has 0 aromatic carbocycles. The van der Waals surface area contributed by atoms with Gasteiger partial charge in [0.15, 0.2) is 0 Å². The molecule has 1 aromatic heterocycles. The molecule has 4 heteroatoms. The highest BCUT2D eigenvalue weighted by molar-refractivity contribution is 5.05. The van der Waals surface area contributed by atoms with E-state index < -0.39 is 0 Å². The van der Waals surface area contributed by atoms with Crippen molar-refractivity contribution in [2.24, 2.45) is 7.05 Å². The number of aryl methyl sites for hydroxylation is 1. The molecule has 0 spiro atoms. The molecule has 0 saturated heterocycles. The van der Waals surface area contributed by atoms with Gasteiger partial charge in [0.1, 0.15) is 0 Å². The van der Waals surface area contributed by atoms with Crippen LogP contribution < -0.4 is 10.6 Å². The summed E-state index contributed by atoms with van der Waals surface area (Å²) in [4.78, 5) is 0.